The Morgan fingerprint density at radius 2 is 1.69 bits per heavy atom. The molecule has 1 saturated carbocycles. The molecule has 6 rings (SSSR count). The zero-order valence-electron chi connectivity index (χ0n) is 19.4. The average Bonchev–Trinajstić information content (AvgIpc) is 3.62. The van der Waals surface area contributed by atoms with Gasteiger partial charge in [0.2, 0.25) is 17.7 Å². The maximum absolute atomic E-state index is 13.1. The summed E-state index contributed by atoms with van der Waals surface area (Å²) in [5.41, 5.74) is 2.30. The molecule has 5 atom stereocenters. The summed E-state index contributed by atoms with van der Waals surface area (Å²) in [6, 6.07) is 14.2. The largest absolute Gasteiger partial charge is 0.426 e. The molecule has 3 amide bonds. The molecule has 3 fully saturated rings. The molecule has 0 spiro atoms. The van der Waals surface area contributed by atoms with E-state index in [1.807, 2.05) is 31.2 Å². The molecule has 7 nitrogen and oxygen atoms in total. The van der Waals surface area contributed by atoms with Crippen LogP contribution in [0.4, 0.5) is 11.4 Å². The summed E-state index contributed by atoms with van der Waals surface area (Å²) in [6.07, 6.45) is 5.86. The van der Waals surface area contributed by atoms with Crippen molar-refractivity contribution in [3.05, 3.63) is 66.2 Å². The van der Waals surface area contributed by atoms with Crippen LogP contribution in [-0.2, 0) is 25.6 Å². The first-order valence-corrected chi connectivity index (χ1v) is 12.2. The molecule has 0 radical (unpaired) electrons. The average molecular weight is 471 g/mol. The summed E-state index contributed by atoms with van der Waals surface area (Å²) >= 11 is 0. The van der Waals surface area contributed by atoms with Crippen molar-refractivity contribution in [2.24, 2.45) is 29.6 Å². The van der Waals surface area contributed by atoms with Crippen LogP contribution in [0.1, 0.15) is 25.3 Å². The number of benzene rings is 2. The maximum atomic E-state index is 13.1. The molecule has 4 aliphatic rings. The van der Waals surface area contributed by atoms with E-state index in [1.165, 1.54) is 4.90 Å². The zero-order chi connectivity index (χ0) is 24.3. The van der Waals surface area contributed by atoms with Crippen LogP contribution in [0.25, 0.3) is 0 Å². The Kier molecular flexibility index (Phi) is 5.09. The number of para-hydroxylation sites is 1. The van der Waals surface area contributed by atoms with Gasteiger partial charge in [-0.2, -0.15) is 0 Å². The van der Waals surface area contributed by atoms with Gasteiger partial charge in [-0.3, -0.25) is 19.2 Å². The minimum absolute atomic E-state index is 0.0821. The number of carbonyl (C=O) groups excluding carboxylic acids is 4. The van der Waals surface area contributed by atoms with E-state index in [4.69, 9.17) is 4.74 Å². The van der Waals surface area contributed by atoms with Crippen LogP contribution < -0.4 is 14.5 Å². The van der Waals surface area contributed by atoms with E-state index < -0.39 is 11.9 Å². The number of nitrogens with zero attached hydrogens (tertiary/aromatic N) is 2. The van der Waals surface area contributed by atoms with Crippen LogP contribution in [0.15, 0.2) is 60.7 Å². The third kappa shape index (κ3) is 3.40. The summed E-state index contributed by atoms with van der Waals surface area (Å²) in [6.45, 7) is 2.29. The fourth-order valence-corrected chi connectivity index (χ4v) is 6.21. The molecule has 2 aliphatic heterocycles. The summed E-state index contributed by atoms with van der Waals surface area (Å²) in [5, 5.41) is 0. The molecular weight excluding hydrogens is 444 g/mol. The Morgan fingerprint density at radius 3 is 2.40 bits per heavy atom. The van der Waals surface area contributed by atoms with Gasteiger partial charge in [0.05, 0.1) is 23.4 Å². The summed E-state index contributed by atoms with van der Waals surface area (Å²) in [5.74, 6) is -1.59. The molecule has 178 valence electrons. The molecule has 35 heavy (non-hydrogen) atoms. The van der Waals surface area contributed by atoms with Crippen molar-refractivity contribution in [3.63, 3.8) is 0 Å². The highest BCUT2D eigenvalue weighted by atomic mass is 16.5. The molecule has 0 N–H and O–H groups in total. The van der Waals surface area contributed by atoms with E-state index in [1.54, 1.807) is 29.2 Å². The SMILES string of the molecule is CCc1ccccc1N1C[C@H](C(=O)Oc2cccc(N3C(=O)[C@H]4[C@H](C3=O)[C@H]3C=C[C@H]4C3)c2)CC1=O. The minimum atomic E-state index is -0.591. The first-order valence-electron chi connectivity index (χ1n) is 12.2. The number of allylic oxidation sites excluding steroid dienone is 2. The number of hydrogen-bond acceptors (Lipinski definition) is 5. The lowest BCUT2D eigenvalue weighted by Crippen LogP contribution is -2.32. The molecule has 2 bridgehead atoms. The Morgan fingerprint density at radius 1 is 0.971 bits per heavy atom. The second-order valence-electron chi connectivity index (χ2n) is 9.82. The number of amides is 3. The number of carbonyl (C=O) groups is 4. The van der Waals surface area contributed by atoms with Crippen LogP contribution in [0.5, 0.6) is 5.75 Å². The second kappa shape index (κ2) is 8.18. The van der Waals surface area contributed by atoms with Gasteiger partial charge < -0.3 is 9.64 Å². The van der Waals surface area contributed by atoms with Crippen molar-refractivity contribution >= 4 is 35.1 Å². The summed E-state index contributed by atoms with van der Waals surface area (Å²) < 4.78 is 5.63. The van der Waals surface area contributed by atoms with Gasteiger partial charge >= 0.3 is 5.97 Å². The van der Waals surface area contributed by atoms with Crippen molar-refractivity contribution in [1.82, 2.24) is 0 Å². The van der Waals surface area contributed by atoms with Crippen LogP contribution in [0.2, 0.25) is 0 Å². The lowest BCUT2D eigenvalue weighted by Gasteiger charge is -2.20. The topological polar surface area (TPSA) is 84.0 Å². The number of fused-ring (bicyclic) bond motifs is 5. The van der Waals surface area contributed by atoms with E-state index >= 15 is 0 Å². The van der Waals surface area contributed by atoms with Crippen molar-refractivity contribution < 1.29 is 23.9 Å². The number of ether oxygens (including phenoxy) is 1. The maximum Gasteiger partial charge on any atom is 0.316 e. The molecule has 0 aromatic heterocycles. The van der Waals surface area contributed by atoms with Gasteiger partial charge in [-0.05, 0) is 48.4 Å². The minimum Gasteiger partial charge on any atom is -0.426 e. The number of rotatable bonds is 5. The third-order valence-corrected chi connectivity index (χ3v) is 7.89. The van der Waals surface area contributed by atoms with Gasteiger partial charge in [-0.1, -0.05) is 43.3 Å². The van der Waals surface area contributed by atoms with Crippen LogP contribution in [-0.4, -0.2) is 30.2 Å². The van der Waals surface area contributed by atoms with Crippen molar-refractivity contribution in [1.29, 1.82) is 0 Å². The highest BCUT2D eigenvalue weighted by Gasteiger charge is 2.59. The fraction of sp³-hybridized carbons (Fsp3) is 0.357. The van der Waals surface area contributed by atoms with Gasteiger partial charge in [0.1, 0.15) is 5.75 Å². The monoisotopic (exact) mass is 470 g/mol. The van der Waals surface area contributed by atoms with E-state index in [-0.39, 0.29) is 60.1 Å². The number of hydrogen-bond donors (Lipinski definition) is 0. The summed E-state index contributed by atoms with van der Waals surface area (Å²) in [7, 11) is 0. The molecule has 0 unspecified atom stereocenters. The smallest absolute Gasteiger partial charge is 0.316 e. The van der Waals surface area contributed by atoms with Gasteiger partial charge in [-0.15, -0.1) is 0 Å². The number of esters is 1. The number of anilines is 2. The van der Waals surface area contributed by atoms with Gasteiger partial charge in [0.25, 0.3) is 0 Å². The zero-order valence-corrected chi connectivity index (χ0v) is 19.4. The van der Waals surface area contributed by atoms with Crippen LogP contribution >= 0.6 is 0 Å². The standard InChI is InChI=1S/C28H26N2O5/c1-2-16-6-3-4-9-22(16)29-15-19(13-23(29)31)28(34)35-21-8-5-7-20(14-21)30-26(32)24-17-10-11-18(12-17)25(24)27(30)33/h3-11,14,17-19,24-25H,2,12-13,15H2,1H3/t17-,18-,19+,24+,25+/m0/s1. The van der Waals surface area contributed by atoms with Gasteiger partial charge in [-0.25, -0.2) is 4.90 Å². The predicted molar refractivity (Wildman–Crippen MR) is 129 cm³/mol. The Labute approximate surface area is 203 Å². The number of aryl methyl sites for hydroxylation is 1. The molecule has 2 aromatic carbocycles. The first-order chi connectivity index (χ1) is 17.0. The van der Waals surface area contributed by atoms with E-state index in [2.05, 4.69) is 12.2 Å². The molecular formula is C28H26N2O5. The Hall–Kier alpha value is -3.74. The third-order valence-electron chi connectivity index (χ3n) is 7.89. The van der Waals surface area contributed by atoms with Crippen molar-refractivity contribution in [2.45, 2.75) is 26.2 Å². The fourth-order valence-electron chi connectivity index (χ4n) is 6.21. The highest BCUT2D eigenvalue weighted by Crippen LogP contribution is 2.53. The summed E-state index contributed by atoms with van der Waals surface area (Å²) in [4.78, 5) is 54.8. The van der Waals surface area contributed by atoms with Crippen molar-refractivity contribution in [3.8, 4) is 5.75 Å². The Balaban J connectivity index is 1.17. The highest BCUT2D eigenvalue weighted by molar-refractivity contribution is 6.22. The molecule has 2 heterocycles. The Bertz CT molecular complexity index is 1250. The lowest BCUT2D eigenvalue weighted by atomic mass is 9.85. The van der Waals surface area contributed by atoms with Crippen LogP contribution in [0.3, 0.4) is 0 Å². The lowest BCUT2D eigenvalue weighted by molar-refractivity contribution is -0.139. The van der Waals surface area contributed by atoms with Gasteiger partial charge in [0, 0.05) is 24.7 Å². The quantitative estimate of drug-likeness (QED) is 0.289. The van der Waals surface area contributed by atoms with E-state index in [0.717, 1.165) is 24.1 Å². The second-order valence-corrected chi connectivity index (χ2v) is 9.82. The van der Waals surface area contributed by atoms with E-state index in [0.29, 0.717) is 5.69 Å². The normalized spacial score (nSPS) is 28.8. The molecule has 2 aromatic rings. The molecule has 2 saturated heterocycles. The predicted octanol–water partition coefficient (Wildman–Crippen LogP) is 3.52. The molecule has 7 heteroatoms. The van der Waals surface area contributed by atoms with Gasteiger partial charge in [0.15, 0.2) is 0 Å². The number of imide groups is 1. The molecule has 2 aliphatic carbocycles. The van der Waals surface area contributed by atoms with E-state index in [9.17, 15) is 19.2 Å². The van der Waals surface area contributed by atoms with Crippen molar-refractivity contribution in [2.75, 3.05) is 16.3 Å². The first kappa shape index (κ1) is 21.8. The van der Waals surface area contributed by atoms with Crippen LogP contribution in [0, 0.1) is 29.6 Å².